The Morgan fingerprint density at radius 3 is 2.09 bits per heavy atom. The second-order valence-corrected chi connectivity index (χ2v) is 8.48. The van der Waals surface area contributed by atoms with Crippen molar-refractivity contribution in [2.75, 3.05) is 17.2 Å². The van der Waals surface area contributed by atoms with Gasteiger partial charge in [0.15, 0.2) is 6.61 Å². The lowest BCUT2D eigenvalue weighted by Gasteiger charge is -2.19. The Hall–Kier alpha value is -4.13. The van der Waals surface area contributed by atoms with E-state index in [9.17, 15) is 19.5 Å². The van der Waals surface area contributed by atoms with E-state index in [4.69, 9.17) is 4.74 Å². The maximum Gasteiger partial charge on any atom is 0.262 e. The van der Waals surface area contributed by atoms with Crippen LogP contribution in [-0.4, -0.2) is 24.4 Å². The van der Waals surface area contributed by atoms with Crippen LogP contribution in [0.2, 0.25) is 0 Å². The van der Waals surface area contributed by atoms with Crippen LogP contribution in [0, 0.1) is 0 Å². The molecule has 0 saturated heterocycles. The summed E-state index contributed by atoms with van der Waals surface area (Å²) in [6, 6.07) is 19.7. The highest BCUT2D eigenvalue weighted by Crippen LogP contribution is 2.24. The van der Waals surface area contributed by atoms with Crippen molar-refractivity contribution in [3.63, 3.8) is 0 Å². The molecular formula is C26H25N2O5-. The molecule has 0 aliphatic heterocycles. The van der Waals surface area contributed by atoms with Crippen molar-refractivity contribution in [2.24, 2.45) is 0 Å². The van der Waals surface area contributed by atoms with Crippen LogP contribution >= 0.6 is 0 Å². The largest absolute Gasteiger partial charge is 0.545 e. The van der Waals surface area contributed by atoms with E-state index in [-0.39, 0.29) is 23.1 Å². The molecule has 0 unspecified atom stereocenters. The molecule has 0 aromatic heterocycles. The molecule has 0 saturated carbocycles. The fourth-order valence-electron chi connectivity index (χ4n) is 3.06. The van der Waals surface area contributed by atoms with Gasteiger partial charge in [-0.15, -0.1) is 0 Å². The maximum atomic E-state index is 12.7. The van der Waals surface area contributed by atoms with E-state index in [0.29, 0.717) is 17.1 Å². The van der Waals surface area contributed by atoms with Gasteiger partial charge in [0.05, 0.1) is 17.2 Å². The average Bonchev–Trinajstić information content (AvgIpc) is 2.78. The summed E-state index contributed by atoms with van der Waals surface area (Å²) in [4.78, 5) is 36.0. The van der Waals surface area contributed by atoms with Crippen LogP contribution in [0.25, 0.3) is 0 Å². The molecule has 0 atom stereocenters. The summed E-state index contributed by atoms with van der Waals surface area (Å²) in [5.74, 6) is -1.59. The fraction of sp³-hybridized carbons (Fsp3) is 0.192. The Labute approximate surface area is 192 Å². The molecule has 0 spiro atoms. The van der Waals surface area contributed by atoms with Gasteiger partial charge in [0.1, 0.15) is 5.75 Å². The topological polar surface area (TPSA) is 108 Å². The first-order valence-corrected chi connectivity index (χ1v) is 10.4. The van der Waals surface area contributed by atoms with Gasteiger partial charge >= 0.3 is 0 Å². The number of amides is 2. The summed E-state index contributed by atoms with van der Waals surface area (Å²) >= 11 is 0. The molecule has 0 aliphatic rings. The summed E-state index contributed by atoms with van der Waals surface area (Å²) in [5, 5.41) is 16.2. The van der Waals surface area contributed by atoms with Gasteiger partial charge in [0.25, 0.3) is 11.8 Å². The van der Waals surface area contributed by atoms with Gasteiger partial charge in [0, 0.05) is 5.69 Å². The van der Waals surface area contributed by atoms with Gasteiger partial charge in [-0.25, -0.2) is 0 Å². The Kier molecular flexibility index (Phi) is 7.13. The Bertz CT molecular complexity index is 1150. The molecular weight excluding hydrogens is 420 g/mol. The second-order valence-electron chi connectivity index (χ2n) is 8.48. The molecule has 7 nitrogen and oxygen atoms in total. The Morgan fingerprint density at radius 2 is 1.48 bits per heavy atom. The molecule has 0 aliphatic carbocycles. The van der Waals surface area contributed by atoms with E-state index in [2.05, 4.69) is 31.4 Å². The molecule has 170 valence electrons. The van der Waals surface area contributed by atoms with Gasteiger partial charge in [0.2, 0.25) is 0 Å². The van der Waals surface area contributed by atoms with Crippen LogP contribution in [0.5, 0.6) is 5.75 Å². The summed E-state index contributed by atoms with van der Waals surface area (Å²) in [6.07, 6.45) is 0. The van der Waals surface area contributed by atoms with Gasteiger partial charge in [-0.3, -0.25) is 9.59 Å². The number of carbonyl (C=O) groups is 3. The number of carboxylic acid groups (broad SMARTS) is 1. The molecule has 0 fully saturated rings. The lowest BCUT2D eigenvalue weighted by atomic mass is 9.87. The third-order valence-corrected chi connectivity index (χ3v) is 4.91. The number of ether oxygens (including phenoxy) is 1. The highest BCUT2D eigenvalue weighted by molar-refractivity contribution is 6.10. The van der Waals surface area contributed by atoms with Crippen molar-refractivity contribution in [3.8, 4) is 5.75 Å². The molecule has 3 aromatic carbocycles. The summed E-state index contributed by atoms with van der Waals surface area (Å²) in [6.45, 7) is 6.14. The molecule has 2 N–H and O–H groups in total. The van der Waals surface area contributed by atoms with E-state index in [1.807, 2.05) is 24.3 Å². The van der Waals surface area contributed by atoms with Crippen molar-refractivity contribution in [1.82, 2.24) is 0 Å². The number of para-hydroxylation sites is 1. The van der Waals surface area contributed by atoms with Crippen molar-refractivity contribution in [2.45, 2.75) is 26.2 Å². The molecule has 3 aromatic rings. The van der Waals surface area contributed by atoms with Crippen molar-refractivity contribution < 1.29 is 24.2 Å². The molecule has 2 amide bonds. The summed E-state index contributed by atoms with van der Waals surface area (Å²) < 4.78 is 5.57. The first-order valence-electron chi connectivity index (χ1n) is 10.4. The van der Waals surface area contributed by atoms with E-state index < -0.39 is 17.8 Å². The van der Waals surface area contributed by atoms with Crippen LogP contribution in [0.3, 0.4) is 0 Å². The van der Waals surface area contributed by atoms with Crippen LogP contribution in [0.1, 0.15) is 47.1 Å². The molecule has 3 rings (SSSR count). The third-order valence-electron chi connectivity index (χ3n) is 4.91. The van der Waals surface area contributed by atoms with E-state index in [1.165, 1.54) is 24.3 Å². The Morgan fingerprint density at radius 1 is 0.848 bits per heavy atom. The summed E-state index contributed by atoms with van der Waals surface area (Å²) in [5.41, 5.74) is 2.19. The standard InChI is InChI=1S/C26H26N2O5/c1-26(2,3)18-10-14-20(15-11-18)33-16-23(29)28-22-7-5-4-6-21(22)24(30)27-19-12-8-17(9-13-19)25(31)32/h4-15H,16H2,1-3H3,(H,27,30)(H,28,29)(H,31,32)/p-1. The number of rotatable bonds is 7. The van der Waals surface area contributed by atoms with Gasteiger partial charge < -0.3 is 25.3 Å². The van der Waals surface area contributed by atoms with Crippen molar-refractivity contribution in [3.05, 3.63) is 89.5 Å². The second kappa shape index (κ2) is 9.99. The van der Waals surface area contributed by atoms with Crippen LogP contribution < -0.4 is 20.5 Å². The monoisotopic (exact) mass is 445 g/mol. The lowest BCUT2D eigenvalue weighted by molar-refractivity contribution is -0.255. The van der Waals surface area contributed by atoms with Crippen molar-refractivity contribution in [1.29, 1.82) is 0 Å². The van der Waals surface area contributed by atoms with Crippen LogP contribution in [0.15, 0.2) is 72.8 Å². The SMILES string of the molecule is CC(C)(C)c1ccc(OCC(=O)Nc2ccccc2C(=O)Nc2ccc(C(=O)[O-])cc2)cc1. The zero-order valence-corrected chi connectivity index (χ0v) is 18.7. The number of nitrogens with one attached hydrogen (secondary N) is 2. The number of aromatic carboxylic acids is 1. The highest BCUT2D eigenvalue weighted by atomic mass is 16.5. The molecule has 33 heavy (non-hydrogen) atoms. The van der Waals surface area contributed by atoms with E-state index >= 15 is 0 Å². The van der Waals surface area contributed by atoms with E-state index in [0.717, 1.165) is 5.56 Å². The highest BCUT2D eigenvalue weighted by Gasteiger charge is 2.15. The number of anilines is 2. The molecule has 7 heteroatoms. The molecule has 0 heterocycles. The fourth-order valence-corrected chi connectivity index (χ4v) is 3.06. The molecule has 0 bridgehead atoms. The maximum absolute atomic E-state index is 12.7. The quantitative estimate of drug-likeness (QED) is 0.578. The first-order chi connectivity index (χ1) is 15.6. The minimum atomic E-state index is -1.30. The first kappa shape index (κ1) is 23.5. The van der Waals surface area contributed by atoms with Gasteiger partial charge in [-0.1, -0.05) is 57.2 Å². The average molecular weight is 445 g/mol. The lowest BCUT2D eigenvalue weighted by Crippen LogP contribution is -2.23. The predicted octanol–water partition coefficient (Wildman–Crippen LogP) is 3.62. The van der Waals surface area contributed by atoms with Crippen molar-refractivity contribution >= 4 is 29.2 Å². The zero-order valence-electron chi connectivity index (χ0n) is 18.7. The minimum Gasteiger partial charge on any atom is -0.545 e. The van der Waals surface area contributed by atoms with E-state index in [1.54, 1.807) is 24.3 Å². The number of hydrogen-bond acceptors (Lipinski definition) is 5. The minimum absolute atomic E-state index is 0.00806. The number of benzene rings is 3. The van der Waals surface area contributed by atoms with Gasteiger partial charge in [-0.2, -0.15) is 0 Å². The predicted molar refractivity (Wildman–Crippen MR) is 124 cm³/mol. The third kappa shape index (κ3) is 6.43. The number of carbonyl (C=O) groups excluding carboxylic acids is 3. The normalized spacial score (nSPS) is 10.9. The van der Waals surface area contributed by atoms with Crippen LogP contribution in [0.4, 0.5) is 11.4 Å². The number of hydrogen-bond donors (Lipinski definition) is 2. The smallest absolute Gasteiger partial charge is 0.262 e. The zero-order chi connectivity index (χ0) is 24.0. The van der Waals surface area contributed by atoms with Gasteiger partial charge in [-0.05, 0) is 52.9 Å². The molecule has 0 radical (unpaired) electrons. The summed E-state index contributed by atoms with van der Waals surface area (Å²) in [7, 11) is 0. The van der Waals surface area contributed by atoms with Crippen LogP contribution in [-0.2, 0) is 10.2 Å². The number of carboxylic acids is 1. The Balaban J connectivity index is 1.61.